The van der Waals surface area contributed by atoms with Crippen LogP contribution in [0.3, 0.4) is 0 Å². The van der Waals surface area contributed by atoms with Gasteiger partial charge in [-0.2, -0.15) is 4.31 Å². The van der Waals surface area contributed by atoms with Gasteiger partial charge in [0.1, 0.15) is 0 Å². The maximum Gasteiger partial charge on any atom is 0.216 e. The Bertz CT molecular complexity index is 626. The molecule has 1 aliphatic heterocycles. The van der Waals surface area contributed by atoms with Crippen molar-refractivity contribution in [2.75, 3.05) is 58.7 Å². The van der Waals surface area contributed by atoms with Crippen molar-refractivity contribution in [2.45, 2.75) is 13.3 Å². The Morgan fingerprint density at radius 3 is 2.84 bits per heavy atom. The van der Waals surface area contributed by atoms with E-state index in [1.54, 1.807) is 11.3 Å². The van der Waals surface area contributed by atoms with Gasteiger partial charge in [-0.3, -0.25) is 4.99 Å². The van der Waals surface area contributed by atoms with E-state index in [4.69, 9.17) is 4.74 Å². The fourth-order valence-corrected chi connectivity index (χ4v) is 4.51. The third-order valence-electron chi connectivity index (χ3n) is 3.94. The molecule has 0 bridgehead atoms. The van der Waals surface area contributed by atoms with Crippen molar-refractivity contribution < 1.29 is 13.2 Å². The normalized spacial score (nSPS) is 16.8. The van der Waals surface area contributed by atoms with Gasteiger partial charge >= 0.3 is 0 Å². The highest BCUT2D eigenvalue weighted by atomic mass is 32.2. The summed E-state index contributed by atoms with van der Waals surface area (Å²) in [5.41, 5.74) is 0. The van der Waals surface area contributed by atoms with Gasteiger partial charge in [0.25, 0.3) is 0 Å². The van der Waals surface area contributed by atoms with Crippen molar-refractivity contribution >= 4 is 27.3 Å². The first kappa shape index (κ1) is 20.2. The summed E-state index contributed by atoms with van der Waals surface area (Å²) in [5.74, 6) is 0.775. The summed E-state index contributed by atoms with van der Waals surface area (Å²) in [5, 5.41) is 5.30. The number of likely N-dealkylation sites (N-methyl/N-ethyl adjacent to an activating group) is 1. The Kier molecular flexibility index (Phi) is 8.14. The predicted molar refractivity (Wildman–Crippen MR) is 103 cm³/mol. The van der Waals surface area contributed by atoms with E-state index in [1.807, 2.05) is 18.9 Å². The summed E-state index contributed by atoms with van der Waals surface area (Å²) >= 11 is 1.75. The monoisotopic (exact) mass is 388 g/mol. The first-order valence-electron chi connectivity index (χ1n) is 8.60. The molecule has 9 heteroatoms. The quantitative estimate of drug-likeness (QED) is 0.528. The van der Waals surface area contributed by atoms with Crippen LogP contribution in [0.15, 0.2) is 22.5 Å². The number of morpholine rings is 1. The van der Waals surface area contributed by atoms with Crippen molar-refractivity contribution in [1.29, 1.82) is 0 Å². The van der Waals surface area contributed by atoms with Gasteiger partial charge in [0.15, 0.2) is 5.96 Å². The summed E-state index contributed by atoms with van der Waals surface area (Å²) < 4.78 is 31.4. The van der Waals surface area contributed by atoms with E-state index in [0.717, 1.165) is 25.5 Å². The lowest BCUT2D eigenvalue weighted by Gasteiger charge is -2.26. The van der Waals surface area contributed by atoms with Crippen LogP contribution in [0, 0.1) is 0 Å². The molecule has 0 spiro atoms. The van der Waals surface area contributed by atoms with Crippen LogP contribution in [0.1, 0.15) is 11.8 Å². The maximum atomic E-state index is 12.3. The van der Waals surface area contributed by atoms with E-state index in [1.165, 1.54) is 9.18 Å². The zero-order valence-corrected chi connectivity index (χ0v) is 16.6. The fourth-order valence-electron chi connectivity index (χ4n) is 2.53. The first-order valence-corrected chi connectivity index (χ1v) is 11.1. The van der Waals surface area contributed by atoms with Gasteiger partial charge in [-0.25, -0.2) is 8.42 Å². The molecule has 142 valence electrons. The second-order valence-electron chi connectivity index (χ2n) is 5.81. The van der Waals surface area contributed by atoms with E-state index in [2.05, 4.69) is 27.8 Å². The van der Waals surface area contributed by atoms with Crippen LogP contribution in [-0.2, 0) is 21.2 Å². The molecule has 0 radical (unpaired) electrons. The number of nitrogens with zero attached hydrogens (tertiary/aromatic N) is 3. The molecule has 0 aliphatic carbocycles. The fraction of sp³-hybridized carbons (Fsp3) is 0.688. The predicted octanol–water partition coefficient (Wildman–Crippen LogP) is 0.850. The molecule has 0 aromatic carbocycles. The number of nitrogens with one attached hydrogen (secondary N) is 1. The Hall–Kier alpha value is -1.16. The molecule has 1 aromatic heterocycles. The van der Waals surface area contributed by atoms with Crippen LogP contribution in [0.4, 0.5) is 0 Å². The van der Waals surface area contributed by atoms with Crippen molar-refractivity contribution in [1.82, 2.24) is 14.5 Å². The number of hydrogen-bond acceptors (Lipinski definition) is 5. The van der Waals surface area contributed by atoms with Crippen LogP contribution in [0.2, 0.25) is 0 Å². The van der Waals surface area contributed by atoms with Crippen LogP contribution >= 0.6 is 11.3 Å². The molecule has 0 saturated carbocycles. The van der Waals surface area contributed by atoms with Crippen LogP contribution < -0.4 is 5.32 Å². The standard InChI is InChI=1S/C16H28N4O3S2/c1-3-17-16(19(2)8-6-15-5-4-13-24-15)18-7-14-25(21,22)20-9-11-23-12-10-20/h4-5,13H,3,6-12,14H2,1-2H3,(H,17,18). The topological polar surface area (TPSA) is 74.2 Å². The van der Waals surface area contributed by atoms with Gasteiger partial charge < -0.3 is 15.0 Å². The van der Waals surface area contributed by atoms with Crippen LogP contribution in [-0.4, -0.2) is 82.3 Å². The highest BCUT2D eigenvalue weighted by molar-refractivity contribution is 7.89. The van der Waals surface area contributed by atoms with E-state index in [-0.39, 0.29) is 12.3 Å². The van der Waals surface area contributed by atoms with E-state index in [0.29, 0.717) is 26.3 Å². The van der Waals surface area contributed by atoms with Gasteiger partial charge in [-0.15, -0.1) is 11.3 Å². The van der Waals surface area contributed by atoms with Gasteiger partial charge in [0.2, 0.25) is 10.0 Å². The number of hydrogen-bond donors (Lipinski definition) is 1. The highest BCUT2D eigenvalue weighted by Crippen LogP contribution is 2.09. The van der Waals surface area contributed by atoms with Crippen molar-refractivity contribution in [3.63, 3.8) is 0 Å². The zero-order chi connectivity index (χ0) is 18.1. The molecule has 1 N–H and O–H groups in total. The van der Waals surface area contributed by atoms with Crippen LogP contribution in [0.25, 0.3) is 0 Å². The molecule has 0 unspecified atom stereocenters. The molecule has 1 fully saturated rings. The Labute approximate surface area is 154 Å². The molecular weight excluding hydrogens is 360 g/mol. The minimum Gasteiger partial charge on any atom is -0.379 e. The lowest BCUT2D eigenvalue weighted by atomic mass is 10.3. The van der Waals surface area contributed by atoms with E-state index < -0.39 is 10.0 Å². The number of aliphatic imine (C=N–C) groups is 1. The average Bonchev–Trinajstić information content (AvgIpc) is 3.13. The number of guanidine groups is 1. The van der Waals surface area contributed by atoms with Gasteiger partial charge in [-0.05, 0) is 24.8 Å². The van der Waals surface area contributed by atoms with Crippen molar-refractivity contribution in [3.8, 4) is 0 Å². The second kappa shape index (κ2) is 10.1. The number of ether oxygens (including phenoxy) is 1. The number of sulfonamides is 1. The zero-order valence-electron chi connectivity index (χ0n) is 15.0. The molecule has 1 aromatic rings. The summed E-state index contributed by atoms with van der Waals surface area (Å²) in [4.78, 5) is 7.87. The van der Waals surface area contributed by atoms with Gasteiger partial charge in [0, 0.05) is 38.1 Å². The maximum absolute atomic E-state index is 12.3. The molecule has 2 rings (SSSR count). The minimum absolute atomic E-state index is 0.0284. The Balaban J connectivity index is 1.87. The molecule has 1 saturated heterocycles. The highest BCUT2D eigenvalue weighted by Gasteiger charge is 2.23. The van der Waals surface area contributed by atoms with Crippen LogP contribution in [0.5, 0.6) is 0 Å². The largest absolute Gasteiger partial charge is 0.379 e. The van der Waals surface area contributed by atoms with E-state index in [9.17, 15) is 8.42 Å². The second-order valence-corrected chi connectivity index (χ2v) is 8.93. The lowest BCUT2D eigenvalue weighted by molar-refractivity contribution is 0.0731. The smallest absolute Gasteiger partial charge is 0.216 e. The number of rotatable bonds is 8. The minimum atomic E-state index is -3.27. The molecule has 0 atom stereocenters. The third kappa shape index (κ3) is 6.58. The first-order chi connectivity index (χ1) is 12.0. The van der Waals surface area contributed by atoms with E-state index >= 15 is 0 Å². The Morgan fingerprint density at radius 1 is 1.44 bits per heavy atom. The SMILES string of the molecule is CCNC(=NCCS(=O)(=O)N1CCOCC1)N(C)CCc1cccs1. The molecule has 1 aliphatic rings. The molecule has 25 heavy (non-hydrogen) atoms. The number of thiophene rings is 1. The molecule has 2 heterocycles. The van der Waals surface area contributed by atoms with Gasteiger partial charge in [-0.1, -0.05) is 6.07 Å². The molecular formula is C16H28N4O3S2. The van der Waals surface area contributed by atoms with Gasteiger partial charge in [0.05, 0.1) is 25.5 Å². The third-order valence-corrected chi connectivity index (χ3v) is 6.73. The summed E-state index contributed by atoms with van der Waals surface area (Å²) in [6, 6.07) is 4.17. The molecule has 0 amide bonds. The Morgan fingerprint density at radius 2 is 2.20 bits per heavy atom. The summed E-state index contributed by atoms with van der Waals surface area (Å²) in [7, 11) is -1.29. The summed E-state index contributed by atoms with van der Waals surface area (Å²) in [6.07, 6.45) is 0.949. The molecule has 7 nitrogen and oxygen atoms in total. The lowest BCUT2D eigenvalue weighted by Crippen LogP contribution is -2.43. The van der Waals surface area contributed by atoms with Crippen molar-refractivity contribution in [3.05, 3.63) is 22.4 Å². The summed E-state index contributed by atoms with van der Waals surface area (Å²) in [6.45, 7) is 5.66. The van der Waals surface area contributed by atoms with Crippen molar-refractivity contribution in [2.24, 2.45) is 4.99 Å². The average molecular weight is 389 g/mol.